The fraction of sp³-hybridized carbons (Fsp3) is 0.269. The number of hydrogen-bond donors (Lipinski definition) is 3. The van der Waals surface area contributed by atoms with Gasteiger partial charge in [0.2, 0.25) is 0 Å². The van der Waals surface area contributed by atoms with E-state index >= 15 is 0 Å². The van der Waals surface area contributed by atoms with E-state index in [4.69, 9.17) is 0 Å². The fourth-order valence-electron chi connectivity index (χ4n) is 4.76. The lowest BCUT2D eigenvalue weighted by Gasteiger charge is -2.33. The van der Waals surface area contributed by atoms with E-state index in [1.165, 1.54) is 16.9 Å². The highest BCUT2D eigenvalue weighted by molar-refractivity contribution is 6.19. The van der Waals surface area contributed by atoms with E-state index in [2.05, 4.69) is 25.6 Å². The molecule has 2 unspecified atom stereocenters. The van der Waals surface area contributed by atoms with Crippen LogP contribution < -0.4 is 0 Å². The summed E-state index contributed by atoms with van der Waals surface area (Å²) in [5, 5.41) is 52.0. The standard InChI is InChI=1S/C26H24N6O5/c1-25(2,3)15-11-14(13-20(21(15)33)32-29-17-7-4-5-8-18(17)30-32)12-16(23(34)35)26(24(36)37)10-6-9-19-22(26)28-31-27-19/h4-11,13,16,33H,12H2,1-3H3,(H,34,35)(H,36,37). The molecule has 2 heterocycles. The number of phenols is 1. The lowest BCUT2D eigenvalue weighted by molar-refractivity contribution is -0.154. The van der Waals surface area contributed by atoms with Crippen molar-refractivity contribution in [2.24, 2.45) is 26.8 Å². The molecule has 0 saturated heterocycles. The molecule has 1 aliphatic heterocycles. The molecule has 2 aromatic carbocycles. The number of phenolic OH excluding ortho intramolecular Hbond substituents is 1. The van der Waals surface area contributed by atoms with Gasteiger partial charge in [-0.05, 0) is 46.9 Å². The van der Waals surface area contributed by atoms with Crippen molar-refractivity contribution in [3.63, 3.8) is 0 Å². The van der Waals surface area contributed by atoms with Crippen LogP contribution in [0.2, 0.25) is 0 Å². The predicted octanol–water partition coefficient (Wildman–Crippen LogP) is 4.01. The molecule has 11 heteroatoms. The SMILES string of the molecule is CC(C)(C)c1cc(CC(C(=O)O)C2(C(=O)O)C=CC=C3N=NN=C32)cc(-n2nc3ccccc3n2)c1O. The highest BCUT2D eigenvalue weighted by Crippen LogP contribution is 2.43. The molecular weight excluding hydrogens is 476 g/mol. The summed E-state index contributed by atoms with van der Waals surface area (Å²) in [7, 11) is 0. The molecule has 2 aliphatic rings. The summed E-state index contributed by atoms with van der Waals surface area (Å²) >= 11 is 0. The van der Waals surface area contributed by atoms with Gasteiger partial charge in [-0.1, -0.05) is 51.1 Å². The molecule has 1 aromatic heterocycles. The van der Waals surface area contributed by atoms with Gasteiger partial charge in [0.05, 0.1) is 5.92 Å². The molecule has 0 saturated carbocycles. The number of carbonyl (C=O) groups is 2. The van der Waals surface area contributed by atoms with Gasteiger partial charge in [-0.15, -0.1) is 25.2 Å². The van der Waals surface area contributed by atoms with Gasteiger partial charge < -0.3 is 15.3 Å². The minimum atomic E-state index is -1.99. The van der Waals surface area contributed by atoms with Crippen LogP contribution in [0.5, 0.6) is 5.75 Å². The van der Waals surface area contributed by atoms with Crippen molar-refractivity contribution in [2.75, 3.05) is 0 Å². The van der Waals surface area contributed by atoms with E-state index < -0.39 is 28.7 Å². The number of carboxylic acid groups (broad SMARTS) is 2. The van der Waals surface area contributed by atoms with E-state index in [1.807, 2.05) is 32.9 Å². The van der Waals surface area contributed by atoms with Gasteiger partial charge in [0.1, 0.15) is 39.3 Å². The Morgan fingerprint density at radius 1 is 1.08 bits per heavy atom. The Morgan fingerprint density at radius 3 is 2.35 bits per heavy atom. The Balaban J connectivity index is 1.66. The number of rotatable bonds is 6. The summed E-state index contributed by atoms with van der Waals surface area (Å²) in [5.41, 5.74) is 0.205. The number of fused-ring (bicyclic) bond motifs is 2. The molecule has 2 atom stereocenters. The molecule has 37 heavy (non-hydrogen) atoms. The van der Waals surface area contributed by atoms with Crippen LogP contribution in [0.25, 0.3) is 16.7 Å². The molecular formula is C26H24N6O5. The van der Waals surface area contributed by atoms with Gasteiger partial charge >= 0.3 is 11.9 Å². The lowest BCUT2D eigenvalue weighted by Crippen LogP contribution is -2.49. The molecule has 0 fully saturated rings. The topological polar surface area (TPSA) is 163 Å². The largest absolute Gasteiger partial charge is 0.505 e. The summed E-state index contributed by atoms with van der Waals surface area (Å²) in [6.07, 6.45) is 4.14. The van der Waals surface area contributed by atoms with E-state index in [-0.39, 0.29) is 29.3 Å². The van der Waals surface area contributed by atoms with Gasteiger partial charge in [0.25, 0.3) is 0 Å². The molecule has 0 bridgehead atoms. The van der Waals surface area contributed by atoms with Crippen molar-refractivity contribution < 1.29 is 24.9 Å². The van der Waals surface area contributed by atoms with Crippen LogP contribution in [0.4, 0.5) is 0 Å². The summed E-state index contributed by atoms with van der Waals surface area (Å²) < 4.78 is 0. The van der Waals surface area contributed by atoms with Crippen LogP contribution >= 0.6 is 0 Å². The van der Waals surface area contributed by atoms with Crippen LogP contribution in [0.1, 0.15) is 31.9 Å². The second-order valence-electron chi connectivity index (χ2n) is 10.1. The number of aromatic hydroxyl groups is 1. The summed E-state index contributed by atoms with van der Waals surface area (Å²) in [6, 6.07) is 10.5. The van der Waals surface area contributed by atoms with Crippen molar-refractivity contribution >= 4 is 28.7 Å². The highest BCUT2D eigenvalue weighted by atomic mass is 16.4. The zero-order chi connectivity index (χ0) is 26.5. The third kappa shape index (κ3) is 3.88. The third-order valence-electron chi connectivity index (χ3n) is 6.65. The van der Waals surface area contributed by atoms with Gasteiger partial charge in [0, 0.05) is 5.56 Å². The first-order chi connectivity index (χ1) is 17.5. The van der Waals surface area contributed by atoms with E-state index in [0.29, 0.717) is 22.2 Å². The fourth-order valence-corrected chi connectivity index (χ4v) is 4.76. The summed E-state index contributed by atoms with van der Waals surface area (Å²) in [6.45, 7) is 5.73. The van der Waals surface area contributed by atoms with Crippen LogP contribution in [-0.2, 0) is 21.4 Å². The maximum Gasteiger partial charge on any atom is 0.320 e. The average Bonchev–Trinajstić information content (AvgIpc) is 3.49. The minimum absolute atomic E-state index is 0.0232. The van der Waals surface area contributed by atoms with Crippen molar-refractivity contribution in [3.8, 4) is 11.4 Å². The van der Waals surface area contributed by atoms with Crippen LogP contribution in [0, 0.1) is 11.3 Å². The number of aromatic nitrogens is 3. The third-order valence-corrected chi connectivity index (χ3v) is 6.65. The van der Waals surface area contributed by atoms with Gasteiger partial charge in [0.15, 0.2) is 0 Å². The Hall–Kier alpha value is -4.67. The zero-order valence-corrected chi connectivity index (χ0v) is 20.3. The molecule has 188 valence electrons. The van der Waals surface area contributed by atoms with E-state index in [1.54, 1.807) is 30.3 Å². The number of aliphatic carboxylic acids is 2. The maximum absolute atomic E-state index is 12.7. The number of carboxylic acids is 2. The number of hydrogen-bond acceptors (Lipinski definition) is 8. The Labute approximate surface area is 211 Å². The van der Waals surface area contributed by atoms with Crippen molar-refractivity contribution in [1.82, 2.24) is 15.0 Å². The summed E-state index contributed by atoms with van der Waals surface area (Å²) in [4.78, 5) is 26.6. The van der Waals surface area contributed by atoms with Crippen LogP contribution in [-0.4, -0.2) is 48.0 Å². The molecule has 0 radical (unpaired) electrons. The maximum atomic E-state index is 12.7. The van der Waals surface area contributed by atoms with Crippen molar-refractivity contribution in [3.05, 3.63) is 71.5 Å². The highest BCUT2D eigenvalue weighted by Gasteiger charge is 2.55. The first kappa shape index (κ1) is 24.0. The van der Waals surface area contributed by atoms with Gasteiger partial charge in [-0.2, -0.15) is 0 Å². The number of allylic oxidation sites excluding steroid dienone is 3. The van der Waals surface area contributed by atoms with Gasteiger partial charge in [-0.3, -0.25) is 9.59 Å². The lowest BCUT2D eigenvalue weighted by atomic mass is 9.66. The van der Waals surface area contributed by atoms with Crippen molar-refractivity contribution in [2.45, 2.75) is 32.6 Å². The van der Waals surface area contributed by atoms with E-state index in [9.17, 15) is 24.9 Å². The Morgan fingerprint density at radius 2 is 1.76 bits per heavy atom. The molecule has 11 nitrogen and oxygen atoms in total. The molecule has 3 N–H and O–H groups in total. The quantitative estimate of drug-likeness (QED) is 0.460. The minimum Gasteiger partial charge on any atom is -0.505 e. The first-order valence-electron chi connectivity index (χ1n) is 11.6. The smallest absolute Gasteiger partial charge is 0.320 e. The summed E-state index contributed by atoms with van der Waals surface area (Å²) in [5.74, 6) is -4.19. The Kier molecular flexibility index (Phi) is 5.50. The molecule has 3 aromatic rings. The Bertz CT molecular complexity index is 1540. The molecule has 5 rings (SSSR count). The second-order valence-corrected chi connectivity index (χ2v) is 10.1. The monoisotopic (exact) mass is 500 g/mol. The van der Waals surface area contributed by atoms with Crippen molar-refractivity contribution in [1.29, 1.82) is 0 Å². The van der Waals surface area contributed by atoms with Crippen LogP contribution in [0.15, 0.2) is 75.8 Å². The zero-order valence-electron chi connectivity index (χ0n) is 20.3. The molecule has 0 amide bonds. The normalized spacial score (nSPS) is 19.4. The van der Waals surface area contributed by atoms with Gasteiger partial charge in [-0.25, -0.2) is 0 Å². The first-order valence-corrected chi connectivity index (χ1v) is 11.6. The van der Waals surface area contributed by atoms with E-state index in [0.717, 1.165) is 0 Å². The predicted molar refractivity (Wildman–Crippen MR) is 134 cm³/mol. The molecule has 1 aliphatic carbocycles. The molecule has 0 spiro atoms. The average molecular weight is 501 g/mol. The van der Waals surface area contributed by atoms with Crippen LogP contribution in [0.3, 0.4) is 0 Å². The number of benzene rings is 2. The number of nitrogens with zero attached hydrogens (tertiary/aromatic N) is 6. The second kappa shape index (κ2) is 8.47.